The number of ketones is 1. The lowest BCUT2D eigenvalue weighted by molar-refractivity contribution is -0.144. The second-order valence-corrected chi connectivity index (χ2v) is 6.64. The van der Waals surface area contributed by atoms with Gasteiger partial charge in [0.05, 0.1) is 10.0 Å². The van der Waals surface area contributed by atoms with Gasteiger partial charge in [0.1, 0.15) is 5.92 Å². The van der Waals surface area contributed by atoms with Crippen LogP contribution in [-0.4, -0.2) is 53.4 Å². The van der Waals surface area contributed by atoms with Crippen LogP contribution in [0.25, 0.3) is 0 Å². The molecule has 1 aromatic carbocycles. The quantitative estimate of drug-likeness (QED) is 0.579. The Bertz CT molecular complexity index is 738. The Hall–Kier alpha value is -2.12. The summed E-state index contributed by atoms with van der Waals surface area (Å²) in [6.45, 7) is 0.199. The number of primary amides is 1. The lowest BCUT2D eigenvalue weighted by atomic mass is 10.1. The zero-order valence-electron chi connectivity index (χ0n) is 13.5. The van der Waals surface area contributed by atoms with E-state index in [1.165, 1.54) is 16.8 Å². The number of Topliss-reactive ketones (excluding diaryl/α,β-unsaturated/α-hetero) is 1. The molecule has 25 heavy (non-hydrogen) atoms. The van der Waals surface area contributed by atoms with Gasteiger partial charge in [-0.15, -0.1) is 0 Å². The predicted molar refractivity (Wildman–Crippen MR) is 91.8 cm³/mol. The van der Waals surface area contributed by atoms with Gasteiger partial charge in [-0.1, -0.05) is 29.3 Å². The van der Waals surface area contributed by atoms with Crippen LogP contribution in [0.3, 0.4) is 0 Å². The summed E-state index contributed by atoms with van der Waals surface area (Å²) in [5, 5.41) is 0.769. The lowest BCUT2D eigenvalue weighted by Crippen LogP contribution is -2.36. The van der Waals surface area contributed by atoms with Gasteiger partial charge < -0.3 is 15.5 Å². The van der Waals surface area contributed by atoms with E-state index in [9.17, 15) is 19.2 Å². The van der Waals surface area contributed by atoms with Crippen LogP contribution < -0.4 is 5.73 Å². The molecule has 2 rings (SSSR count). The molecule has 0 aliphatic carbocycles. The average Bonchev–Trinajstić information content (AvgIpc) is 2.83. The van der Waals surface area contributed by atoms with E-state index in [4.69, 9.17) is 28.9 Å². The van der Waals surface area contributed by atoms with Gasteiger partial charge in [0, 0.05) is 33.1 Å². The normalized spacial score (nSPS) is 17.1. The molecule has 1 fully saturated rings. The molecule has 1 aliphatic rings. The number of carbonyl (C=O) groups is 4. The molecule has 1 aliphatic heterocycles. The van der Waals surface area contributed by atoms with Crippen LogP contribution in [0.2, 0.25) is 10.0 Å². The van der Waals surface area contributed by atoms with Gasteiger partial charge in [0.15, 0.2) is 0 Å². The van der Waals surface area contributed by atoms with Crippen molar-refractivity contribution in [3.63, 3.8) is 0 Å². The van der Waals surface area contributed by atoms with Crippen LogP contribution in [0.15, 0.2) is 18.2 Å². The van der Waals surface area contributed by atoms with Crippen molar-refractivity contribution in [2.75, 3.05) is 20.1 Å². The minimum atomic E-state index is -1.08. The number of nitrogens with zero attached hydrogens (tertiary/aromatic N) is 2. The molecular formula is C16H17Cl2N3O4. The number of nitrogens with two attached hydrogens (primary N) is 1. The van der Waals surface area contributed by atoms with Crippen molar-refractivity contribution in [2.45, 2.75) is 13.0 Å². The molecule has 0 aromatic heterocycles. The zero-order chi connectivity index (χ0) is 18.7. The van der Waals surface area contributed by atoms with Gasteiger partial charge in [-0.3, -0.25) is 19.2 Å². The fourth-order valence-electron chi connectivity index (χ4n) is 2.58. The first-order valence-electron chi connectivity index (χ1n) is 7.51. The molecule has 1 unspecified atom stereocenters. The van der Waals surface area contributed by atoms with Crippen molar-refractivity contribution in [1.82, 2.24) is 9.80 Å². The van der Waals surface area contributed by atoms with Crippen LogP contribution in [-0.2, 0) is 25.7 Å². The maximum Gasteiger partial charge on any atom is 0.290 e. The highest BCUT2D eigenvalue weighted by atomic mass is 35.5. The third-order valence-corrected chi connectivity index (χ3v) is 4.66. The van der Waals surface area contributed by atoms with Crippen LogP contribution in [0.1, 0.15) is 12.0 Å². The summed E-state index contributed by atoms with van der Waals surface area (Å²) in [7, 11) is 1.54. The highest BCUT2D eigenvalue weighted by molar-refractivity contribution is 6.42. The average molecular weight is 386 g/mol. The Morgan fingerprint density at radius 2 is 1.96 bits per heavy atom. The SMILES string of the molecule is CN(Cc1ccc(Cl)c(Cl)c1)C(=O)C1CN(CCC(N)=O)C(=O)C1=O. The third-order valence-electron chi connectivity index (χ3n) is 3.92. The van der Waals surface area contributed by atoms with E-state index in [0.717, 1.165) is 5.56 Å². The molecule has 7 nitrogen and oxygen atoms in total. The topological polar surface area (TPSA) is 101 Å². The molecule has 0 radical (unpaired) electrons. The van der Waals surface area contributed by atoms with Crippen LogP contribution in [0.4, 0.5) is 0 Å². The smallest absolute Gasteiger partial charge is 0.290 e. The molecule has 0 saturated carbocycles. The molecular weight excluding hydrogens is 369 g/mol. The largest absolute Gasteiger partial charge is 0.370 e. The lowest BCUT2D eigenvalue weighted by Gasteiger charge is -2.21. The molecule has 1 atom stereocenters. The third kappa shape index (κ3) is 4.49. The summed E-state index contributed by atoms with van der Waals surface area (Å²) < 4.78 is 0. The number of carbonyl (C=O) groups excluding carboxylic acids is 4. The Morgan fingerprint density at radius 3 is 2.56 bits per heavy atom. The summed E-state index contributed by atoms with van der Waals surface area (Å²) in [5.74, 6) is -3.65. The summed E-state index contributed by atoms with van der Waals surface area (Å²) in [6, 6.07) is 4.97. The molecule has 0 spiro atoms. The summed E-state index contributed by atoms with van der Waals surface area (Å²) in [5.41, 5.74) is 5.79. The van der Waals surface area contributed by atoms with Crippen molar-refractivity contribution in [2.24, 2.45) is 11.7 Å². The van der Waals surface area contributed by atoms with Gasteiger partial charge in [0.2, 0.25) is 17.6 Å². The summed E-state index contributed by atoms with van der Waals surface area (Å²) in [4.78, 5) is 49.9. The minimum Gasteiger partial charge on any atom is -0.370 e. The van der Waals surface area contributed by atoms with Crippen molar-refractivity contribution >= 4 is 46.7 Å². The maximum atomic E-state index is 12.5. The monoisotopic (exact) mass is 385 g/mol. The maximum absolute atomic E-state index is 12.5. The molecule has 1 heterocycles. The second kappa shape index (κ2) is 7.84. The molecule has 2 N–H and O–H groups in total. The van der Waals surface area contributed by atoms with Crippen molar-refractivity contribution in [1.29, 1.82) is 0 Å². The van der Waals surface area contributed by atoms with E-state index < -0.39 is 29.4 Å². The second-order valence-electron chi connectivity index (χ2n) is 5.83. The Balaban J connectivity index is 2.03. The fourth-order valence-corrected chi connectivity index (χ4v) is 2.90. The van der Waals surface area contributed by atoms with Gasteiger partial charge in [-0.2, -0.15) is 0 Å². The van der Waals surface area contributed by atoms with E-state index in [2.05, 4.69) is 0 Å². The first-order chi connectivity index (χ1) is 11.7. The van der Waals surface area contributed by atoms with E-state index in [0.29, 0.717) is 10.0 Å². The van der Waals surface area contributed by atoms with Crippen molar-refractivity contribution in [3.8, 4) is 0 Å². The summed E-state index contributed by atoms with van der Waals surface area (Å²) in [6.07, 6.45) is -0.0565. The fraction of sp³-hybridized carbons (Fsp3) is 0.375. The predicted octanol–water partition coefficient (Wildman–Crippen LogP) is 0.855. The van der Waals surface area contributed by atoms with E-state index >= 15 is 0 Å². The number of hydrogen-bond acceptors (Lipinski definition) is 4. The van der Waals surface area contributed by atoms with Crippen molar-refractivity contribution < 1.29 is 19.2 Å². The van der Waals surface area contributed by atoms with Crippen LogP contribution >= 0.6 is 23.2 Å². The standard InChI is InChI=1S/C16H17Cl2N3O4/c1-20(7-9-2-3-11(17)12(18)6-9)15(24)10-8-21(5-4-13(19)22)16(25)14(10)23/h2-3,6,10H,4-5,7-8H2,1H3,(H2,19,22). The molecule has 134 valence electrons. The number of halogens is 2. The Labute approximate surface area is 154 Å². The Kier molecular flexibility index (Phi) is 6.02. The van der Waals surface area contributed by atoms with Gasteiger partial charge in [0.25, 0.3) is 5.91 Å². The first kappa shape index (κ1) is 19.2. The Morgan fingerprint density at radius 1 is 1.28 bits per heavy atom. The number of rotatable bonds is 6. The van der Waals surface area contributed by atoms with E-state index in [1.54, 1.807) is 18.2 Å². The molecule has 9 heteroatoms. The number of likely N-dealkylation sites (tertiary alicyclic amines) is 1. The van der Waals surface area contributed by atoms with E-state index in [1.807, 2.05) is 0 Å². The number of benzene rings is 1. The number of amides is 3. The van der Waals surface area contributed by atoms with E-state index in [-0.39, 0.29) is 26.1 Å². The van der Waals surface area contributed by atoms with Crippen molar-refractivity contribution in [3.05, 3.63) is 33.8 Å². The first-order valence-corrected chi connectivity index (χ1v) is 8.26. The molecule has 0 bridgehead atoms. The molecule has 3 amide bonds. The highest BCUT2D eigenvalue weighted by Gasteiger charge is 2.43. The van der Waals surface area contributed by atoms with Gasteiger partial charge >= 0.3 is 0 Å². The zero-order valence-corrected chi connectivity index (χ0v) is 15.0. The van der Waals surface area contributed by atoms with Crippen LogP contribution in [0, 0.1) is 5.92 Å². The molecule has 1 saturated heterocycles. The summed E-state index contributed by atoms with van der Waals surface area (Å²) >= 11 is 11.8. The molecule has 1 aromatic rings. The van der Waals surface area contributed by atoms with Crippen LogP contribution in [0.5, 0.6) is 0 Å². The highest BCUT2D eigenvalue weighted by Crippen LogP contribution is 2.24. The number of hydrogen-bond donors (Lipinski definition) is 1. The minimum absolute atomic E-state index is 0.0280. The van der Waals surface area contributed by atoms with Gasteiger partial charge in [-0.25, -0.2) is 0 Å². The van der Waals surface area contributed by atoms with Gasteiger partial charge in [-0.05, 0) is 17.7 Å².